The molecule has 0 aromatic heterocycles. The zero-order valence-electron chi connectivity index (χ0n) is 15.7. The molecule has 2 aromatic rings. The van der Waals surface area contributed by atoms with E-state index in [9.17, 15) is 4.79 Å². The van der Waals surface area contributed by atoms with E-state index in [0.717, 1.165) is 35.0 Å². The highest BCUT2D eigenvalue weighted by molar-refractivity contribution is 7.99. The number of nitrogens with zero attached hydrogens (tertiary/aromatic N) is 1. The minimum atomic E-state index is -0.876. The van der Waals surface area contributed by atoms with Crippen LogP contribution in [0.2, 0.25) is 0 Å². The maximum atomic E-state index is 10.8. The number of para-hydroxylation sites is 1. The first-order valence-corrected chi connectivity index (χ1v) is 10.1. The SMILES string of the molecule is CCC1CSc2cc(OCCC(=O)O)c(OC)cc2N(c2ccccc2)C1. The molecule has 144 valence electrons. The zero-order valence-corrected chi connectivity index (χ0v) is 16.5. The van der Waals surface area contributed by atoms with Crippen LogP contribution in [0, 0.1) is 5.92 Å². The number of rotatable bonds is 7. The molecule has 0 aliphatic carbocycles. The number of carbonyl (C=O) groups is 1. The summed E-state index contributed by atoms with van der Waals surface area (Å²) in [4.78, 5) is 14.2. The van der Waals surface area contributed by atoms with Crippen molar-refractivity contribution in [2.45, 2.75) is 24.7 Å². The van der Waals surface area contributed by atoms with Crippen LogP contribution in [0.25, 0.3) is 0 Å². The number of fused-ring (bicyclic) bond motifs is 1. The third-order valence-corrected chi connectivity index (χ3v) is 5.95. The van der Waals surface area contributed by atoms with Crippen LogP contribution in [0.1, 0.15) is 19.8 Å². The zero-order chi connectivity index (χ0) is 19.2. The molecular weight excluding hydrogens is 362 g/mol. The molecule has 1 atom stereocenters. The van der Waals surface area contributed by atoms with E-state index in [1.165, 1.54) is 0 Å². The Labute approximate surface area is 164 Å². The second-order valence-corrected chi connectivity index (χ2v) is 7.56. The van der Waals surface area contributed by atoms with Gasteiger partial charge in [-0.15, -0.1) is 11.8 Å². The Bertz CT molecular complexity index is 781. The molecule has 6 heteroatoms. The second-order valence-electron chi connectivity index (χ2n) is 6.49. The van der Waals surface area contributed by atoms with Gasteiger partial charge in [-0.2, -0.15) is 0 Å². The number of anilines is 2. The predicted molar refractivity (Wildman–Crippen MR) is 109 cm³/mol. The third-order valence-electron chi connectivity index (χ3n) is 4.67. The summed E-state index contributed by atoms with van der Waals surface area (Å²) < 4.78 is 11.2. The van der Waals surface area contributed by atoms with Gasteiger partial charge in [0.05, 0.1) is 25.8 Å². The smallest absolute Gasteiger partial charge is 0.306 e. The Morgan fingerprint density at radius 3 is 2.70 bits per heavy atom. The summed E-state index contributed by atoms with van der Waals surface area (Å²) in [6.45, 7) is 3.30. The van der Waals surface area contributed by atoms with E-state index in [1.807, 2.05) is 30.0 Å². The number of benzene rings is 2. The van der Waals surface area contributed by atoms with Gasteiger partial charge in [-0.25, -0.2) is 0 Å². The van der Waals surface area contributed by atoms with Crippen molar-refractivity contribution in [2.75, 3.05) is 30.9 Å². The first-order chi connectivity index (χ1) is 13.1. The second kappa shape index (κ2) is 9.04. The van der Waals surface area contributed by atoms with Crippen molar-refractivity contribution in [1.29, 1.82) is 0 Å². The fourth-order valence-electron chi connectivity index (χ4n) is 3.09. The van der Waals surface area contributed by atoms with Crippen LogP contribution in [0.3, 0.4) is 0 Å². The van der Waals surface area contributed by atoms with Gasteiger partial charge in [0.25, 0.3) is 0 Å². The Hall–Kier alpha value is -2.34. The molecule has 1 heterocycles. The van der Waals surface area contributed by atoms with Crippen molar-refractivity contribution in [2.24, 2.45) is 5.92 Å². The van der Waals surface area contributed by atoms with E-state index < -0.39 is 5.97 Å². The lowest BCUT2D eigenvalue weighted by Gasteiger charge is -2.28. The van der Waals surface area contributed by atoms with Crippen LogP contribution < -0.4 is 14.4 Å². The van der Waals surface area contributed by atoms with E-state index in [0.29, 0.717) is 17.4 Å². The first kappa shape index (κ1) is 19.4. The average Bonchev–Trinajstić information content (AvgIpc) is 2.86. The van der Waals surface area contributed by atoms with Crippen LogP contribution in [-0.4, -0.2) is 37.1 Å². The summed E-state index contributed by atoms with van der Waals surface area (Å²) in [6.07, 6.45) is 1.07. The van der Waals surface area contributed by atoms with Crippen molar-refractivity contribution in [3.63, 3.8) is 0 Å². The van der Waals surface area contributed by atoms with Gasteiger partial charge in [-0.05, 0) is 24.1 Å². The highest BCUT2D eigenvalue weighted by Gasteiger charge is 2.25. The Morgan fingerprint density at radius 1 is 1.26 bits per heavy atom. The number of ether oxygens (including phenoxy) is 2. The van der Waals surface area contributed by atoms with Gasteiger partial charge in [0.15, 0.2) is 11.5 Å². The number of hydrogen-bond donors (Lipinski definition) is 1. The number of methoxy groups -OCH3 is 1. The number of thioether (sulfide) groups is 1. The van der Waals surface area contributed by atoms with E-state index in [1.54, 1.807) is 7.11 Å². The van der Waals surface area contributed by atoms with Gasteiger partial charge in [-0.1, -0.05) is 31.5 Å². The van der Waals surface area contributed by atoms with Gasteiger partial charge in [0.2, 0.25) is 0 Å². The summed E-state index contributed by atoms with van der Waals surface area (Å²) in [7, 11) is 1.61. The van der Waals surface area contributed by atoms with Crippen LogP contribution in [0.15, 0.2) is 47.4 Å². The van der Waals surface area contributed by atoms with Crippen LogP contribution in [0.5, 0.6) is 11.5 Å². The van der Waals surface area contributed by atoms with Crippen molar-refractivity contribution >= 4 is 29.1 Å². The summed E-state index contributed by atoms with van der Waals surface area (Å²) >= 11 is 1.82. The largest absolute Gasteiger partial charge is 0.493 e. The molecule has 0 saturated carbocycles. The molecule has 2 aromatic carbocycles. The van der Waals surface area contributed by atoms with Crippen molar-refractivity contribution in [3.05, 3.63) is 42.5 Å². The molecule has 0 bridgehead atoms. The number of aliphatic carboxylic acids is 1. The van der Waals surface area contributed by atoms with Gasteiger partial charge in [-0.3, -0.25) is 4.79 Å². The molecule has 1 unspecified atom stereocenters. The third kappa shape index (κ3) is 4.69. The molecule has 1 N–H and O–H groups in total. The normalized spacial score (nSPS) is 16.4. The standard InChI is InChI=1S/C21H25NO4S/c1-3-15-13-22(16-7-5-4-6-8-16)17-11-18(25-2)19(12-20(17)27-14-15)26-10-9-21(23)24/h4-8,11-12,15H,3,9-10,13-14H2,1-2H3,(H,23,24). The molecule has 0 saturated heterocycles. The predicted octanol–water partition coefficient (Wildman–Crippen LogP) is 4.82. The lowest BCUT2D eigenvalue weighted by molar-refractivity contribution is -0.137. The Morgan fingerprint density at radius 2 is 2.04 bits per heavy atom. The quantitative estimate of drug-likeness (QED) is 0.735. The Kier molecular flexibility index (Phi) is 6.50. The van der Waals surface area contributed by atoms with Crippen LogP contribution >= 0.6 is 11.8 Å². The van der Waals surface area contributed by atoms with E-state index >= 15 is 0 Å². The molecule has 1 aliphatic rings. The summed E-state index contributed by atoms with van der Waals surface area (Å²) in [5, 5.41) is 8.84. The monoisotopic (exact) mass is 387 g/mol. The lowest BCUT2D eigenvalue weighted by atomic mass is 10.1. The molecule has 1 aliphatic heterocycles. The van der Waals surface area contributed by atoms with Crippen molar-refractivity contribution in [3.8, 4) is 11.5 Å². The molecule has 0 radical (unpaired) electrons. The fourth-order valence-corrected chi connectivity index (χ4v) is 4.36. The van der Waals surface area contributed by atoms with E-state index in [4.69, 9.17) is 14.6 Å². The molecule has 0 fully saturated rings. The maximum Gasteiger partial charge on any atom is 0.306 e. The molecule has 3 rings (SSSR count). The molecule has 0 spiro atoms. The average molecular weight is 388 g/mol. The Balaban J connectivity index is 1.98. The summed E-state index contributed by atoms with van der Waals surface area (Å²) in [5.41, 5.74) is 2.26. The summed E-state index contributed by atoms with van der Waals surface area (Å²) in [6, 6.07) is 14.3. The number of carboxylic acid groups (broad SMARTS) is 1. The number of hydrogen-bond acceptors (Lipinski definition) is 5. The highest BCUT2D eigenvalue weighted by atomic mass is 32.2. The first-order valence-electron chi connectivity index (χ1n) is 9.14. The van der Waals surface area contributed by atoms with Gasteiger partial charge in [0, 0.05) is 28.9 Å². The molecule has 5 nitrogen and oxygen atoms in total. The maximum absolute atomic E-state index is 10.8. The lowest BCUT2D eigenvalue weighted by Crippen LogP contribution is -2.24. The topological polar surface area (TPSA) is 59.0 Å². The van der Waals surface area contributed by atoms with Crippen LogP contribution in [-0.2, 0) is 4.79 Å². The number of carboxylic acids is 1. The van der Waals surface area contributed by atoms with Gasteiger partial charge in [0.1, 0.15) is 0 Å². The van der Waals surface area contributed by atoms with Gasteiger partial charge >= 0.3 is 5.97 Å². The molecule has 0 amide bonds. The molecular formula is C21H25NO4S. The van der Waals surface area contributed by atoms with E-state index in [-0.39, 0.29) is 13.0 Å². The van der Waals surface area contributed by atoms with Crippen LogP contribution in [0.4, 0.5) is 11.4 Å². The van der Waals surface area contributed by atoms with Crippen molar-refractivity contribution in [1.82, 2.24) is 0 Å². The minimum Gasteiger partial charge on any atom is -0.493 e. The molecule has 27 heavy (non-hydrogen) atoms. The highest BCUT2D eigenvalue weighted by Crippen LogP contribution is 2.45. The fraction of sp³-hybridized carbons (Fsp3) is 0.381. The minimum absolute atomic E-state index is 0.0402. The van der Waals surface area contributed by atoms with Gasteiger partial charge < -0.3 is 19.5 Å². The summed E-state index contributed by atoms with van der Waals surface area (Å²) in [5.74, 6) is 1.95. The van der Waals surface area contributed by atoms with Crippen molar-refractivity contribution < 1.29 is 19.4 Å². The van der Waals surface area contributed by atoms with E-state index in [2.05, 4.69) is 36.1 Å².